The third-order valence-corrected chi connectivity index (χ3v) is 2.08. The quantitative estimate of drug-likeness (QED) is 0.762. The van der Waals surface area contributed by atoms with Gasteiger partial charge in [-0.2, -0.15) is 0 Å². The largest absolute Gasteiger partial charge is 0.464 e. The number of furan rings is 1. The van der Waals surface area contributed by atoms with E-state index in [1.807, 2.05) is 0 Å². The molecule has 0 radical (unpaired) electrons. The molecule has 74 valence electrons. The van der Waals surface area contributed by atoms with Gasteiger partial charge in [0.15, 0.2) is 0 Å². The Morgan fingerprint density at radius 2 is 2.29 bits per heavy atom. The van der Waals surface area contributed by atoms with E-state index in [1.165, 1.54) is 18.4 Å². The minimum Gasteiger partial charge on any atom is -0.464 e. The number of hydrogen-bond acceptors (Lipinski definition) is 3. The maximum absolute atomic E-state index is 13.1. The zero-order chi connectivity index (χ0) is 9.97. The van der Waals surface area contributed by atoms with Gasteiger partial charge in [-0.05, 0) is 18.2 Å². The molecule has 0 aliphatic carbocycles. The number of fused-ring (bicyclic) bond motifs is 1. The molecule has 0 bridgehead atoms. The SMILES string of the molecule is NOCCc1cc(F)cc2ccoc12. The molecule has 0 saturated carbocycles. The summed E-state index contributed by atoms with van der Waals surface area (Å²) < 4.78 is 18.3. The van der Waals surface area contributed by atoms with Crippen LogP contribution in [0.3, 0.4) is 0 Å². The van der Waals surface area contributed by atoms with Crippen molar-refractivity contribution in [1.29, 1.82) is 0 Å². The lowest BCUT2D eigenvalue weighted by Crippen LogP contribution is -2.04. The Morgan fingerprint density at radius 1 is 1.43 bits per heavy atom. The lowest BCUT2D eigenvalue weighted by atomic mass is 10.1. The smallest absolute Gasteiger partial charge is 0.137 e. The van der Waals surface area contributed by atoms with Crippen molar-refractivity contribution in [1.82, 2.24) is 0 Å². The van der Waals surface area contributed by atoms with Crippen LogP contribution in [0.25, 0.3) is 11.0 Å². The molecule has 1 aromatic carbocycles. The summed E-state index contributed by atoms with van der Waals surface area (Å²) in [6.07, 6.45) is 2.08. The van der Waals surface area contributed by atoms with Crippen LogP contribution < -0.4 is 5.90 Å². The molecule has 0 saturated heterocycles. The highest BCUT2D eigenvalue weighted by molar-refractivity contribution is 5.80. The van der Waals surface area contributed by atoms with E-state index in [-0.39, 0.29) is 5.82 Å². The fraction of sp³-hybridized carbons (Fsp3) is 0.200. The van der Waals surface area contributed by atoms with Crippen molar-refractivity contribution in [2.45, 2.75) is 6.42 Å². The van der Waals surface area contributed by atoms with Crippen molar-refractivity contribution in [3.63, 3.8) is 0 Å². The van der Waals surface area contributed by atoms with E-state index in [9.17, 15) is 4.39 Å². The van der Waals surface area contributed by atoms with Crippen LogP contribution >= 0.6 is 0 Å². The Hall–Kier alpha value is -1.39. The van der Waals surface area contributed by atoms with Gasteiger partial charge in [0.2, 0.25) is 0 Å². The van der Waals surface area contributed by atoms with Crippen LogP contribution in [-0.2, 0) is 11.3 Å². The van der Waals surface area contributed by atoms with Crippen molar-refractivity contribution in [3.05, 3.63) is 35.8 Å². The second-order valence-electron chi connectivity index (χ2n) is 3.02. The van der Waals surface area contributed by atoms with E-state index in [1.54, 1.807) is 6.07 Å². The van der Waals surface area contributed by atoms with Gasteiger partial charge in [0.1, 0.15) is 11.4 Å². The van der Waals surface area contributed by atoms with Gasteiger partial charge in [-0.3, -0.25) is 0 Å². The number of rotatable bonds is 3. The highest BCUT2D eigenvalue weighted by atomic mass is 19.1. The molecule has 2 N–H and O–H groups in total. The van der Waals surface area contributed by atoms with Crippen LogP contribution in [0.2, 0.25) is 0 Å². The molecule has 0 aliphatic rings. The van der Waals surface area contributed by atoms with Crippen LogP contribution in [-0.4, -0.2) is 6.61 Å². The monoisotopic (exact) mass is 195 g/mol. The summed E-state index contributed by atoms with van der Waals surface area (Å²) in [5.41, 5.74) is 1.47. The van der Waals surface area contributed by atoms with Crippen LogP contribution in [0.4, 0.5) is 4.39 Å². The molecular weight excluding hydrogens is 185 g/mol. The van der Waals surface area contributed by atoms with Crippen LogP contribution in [0, 0.1) is 5.82 Å². The maximum Gasteiger partial charge on any atom is 0.137 e. The first kappa shape index (κ1) is 9.18. The number of nitrogens with two attached hydrogens (primary N) is 1. The van der Waals surface area contributed by atoms with Gasteiger partial charge < -0.3 is 9.25 Å². The first-order chi connectivity index (χ1) is 6.81. The topological polar surface area (TPSA) is 48.4 Å². The van der Waals surface area contributed by atoms with Gasteiger partial charge in [0.05, 0.1) is 12.9 Å². The molecule has 0 aliphatic heterocycles. The Morgan fingerprint density at radius 3 is 3.07 bits per heavy atom. The summed E-state index contributed by atoms with van der Waals surface area (Å²) in [4.78, 5) is 4.45. The molecule has 0 fully saturated rings. The summed E-state index contributed by atoms with van der Waals surface area (Å²) >= 11 is 0. The summed E-state index contributed by atoms with van der Waals surface area (Å²) in [5, 5.41) is 0.761. The van der Waals surface area contributed by atoms with Gasteiger partial charge in [0, 0.05) is 17.4 Å². The average molecular weight is 195 g/mol. The van der Waals surface area contributed by atoms with Gasteiger partial charge in [-0.15, -0.1) is 0 Å². The normalized spacial score (nSPS) is 11.0. The third kappa shape index (κ3) is 1.62. The maximum atomic E-state index is 13.1. The van der Waals surface area contributed by atoms with Gasteiger partial charge in [-0.1, -0.05) is 0 Å². The number of hydrogen-bond donors (Lipinski definition) is 1. The van der Waals surface area contributed by atoms with Crippen molar-refractivity contribution in [3.8, 4) is 0 Å². The van der Waals surface area contributed by atoms with Crippen molar-refractivity contribution in [2.24, 2.45) is 5.90 Å². The first-order valence-corrected chi connectivity index (χ1v) is 4.28. The van der Waals surface area contributed by atoms with Crippen LogP contribution in [0.15, 0.2) is 28.9 Å². The second kappa shape index (κ2) is 3.77. The average Bonchev–Trinajstić information content (AvgIpc) is 2.61. The Bertz CT molecular complexity index is 439. The fourth-order valence-corrected chi connectivity index (χ4v) is 1.47. The Labute approximate surface area is 80.2 Å². The van der Waals surface area contributed by atoms with Crippen molar-refractivity contribution < 1.29 is 13.6 Å². The van der Waals surface area contributed by atoms with Crippen molar-refractivity contribution in [2.75, 3.05) is 6.61 Å². The lowest BCUT2D eigenvalue weighted by Gasteiger charge is -2.01. The van der Waals surface area contributed by atoms with Crippen molar-refractivity contribution >= 4 is 11.0 Å². The van der Waals surface area contributed by atoms with E-state index in [2.05, 4.69) is 4.84 Å². The standard InChI is InChI=1S/C10H10FNO2/c11-9-5-7-1-3-13-10(7)8(6-9)2-4-14-12/h1,3,5-6H,2,4,12H2. The predicted octanol–water partition coefficient (Wildman–Crippen LogP) is 2.00. The second-order valence-corrected chi connectivity index (χ2v) is 3.02. The first-order valence-electron chi connectivity index (χ1n) is 4.28. The van der Waals surface area contributed by atoms with E-state index >= 15 is 0 Å². The summed E-state index contributed by atoms with van der Waals surface area (Å²) in [7, 11) is 0. The van der Waals surface area contributed by atoms with Crippen LogP contribution in [0.1, 0.15) is 5.56 Å². The molecule has 1 heterocycles. The molecule has 3 nitrogen and oxygen atoms in total. The lowest BCUT2D eigenvalue weighted by molar-refractivity contribution is 0.141. The van der Waals surface area contributed by atoms with Crippen LogP contribution in [0.5, 0.6) is 0 Å². The zero-order valence-corrected chi connectivity index (χ0v) is 7.50. The summed E-state index contributed by atoms with van der Waals surface area (Å²) in [6, 6.07) is 4.60. The van der Waals surface area contributed by atoms with Gasteiger partial charge >= 0.3 is 0 Å². The van der Waals surface area contributed by atoms with Gasteiger partial charge in [-0.25, -0.2) is 10.3 Å². The molecule has 14 heavy (non-hydrogen) atoms. The highest BCUT2D eigenvalue weighted by Gasteiger charge is 2.06. The third-order valence-electron chi connectivity index (χ3n) is 2.08. The van der Waals surface area contributed by atoms with E-state index in [0.29, 0.717) is 18.6 Å². The minimum atomic E-state index is -0.272. The molecule has 0 amide bonds. The molecule has 0 unspecified atom stereocenters. The minimum absolute atomic E-state index is 0.272. The van der Waals surface area contributed by atoms with E-state index in [0.717, 1.165) is 10.9 Å². The molecule has 4 heteroatoms. The molecule has 2 aromatic rings. The predicted molar refractivity (Wildman–Crippen MR) is 50.0 cm³/mol. The molecule has 2 rings (SSSR count). The van der Waals surface area contributed by atoms with E-state index < -0.39 is 0 Å². The molecule has 0 spiro atoms. The Balaban J connectivity index is 2.44. The number of halogens is 1. The summed E-state index contributed by atoms with van der Waals surface area (Å²) in [6.45, 7) is 0.346. The molecule has 1 aromatic heterocycles. The summed E-state index contributed by atoms with van der Waals surface area (Å²) in [5.74, 6) is 4.64. The van der Waals surface area contributed by atoms with E-state index in [4.69, 9.17) is 10.3 Å². The number of benzene rings is 1. The highest BCUT2D eigenvalue weighted by Crippen LogP contribution is 2.22. The Kier molecular flexibility index (Phi) is 2.47. The zero-order valence-electron chi connectivity index (χ0n) is 7.50. The molecular formula is C10H10FNO2. The van der Waals surface area contributed by atoms with Gasteiger partial charge in [0.25, 0.3) is 0 Å². The molecule has 0 atom stereocenters. The fourth-order valence-electron chi connectivity index (χ4n) is 1.47.